The van der Waals surface area contributed by atoms with Gasteiger partial charge in [0.25, 0.3) is 5.91 Å². The number of amides is 1. The number of rotatable bonds is 1. The second-order valence-electron chi connectivity index (χ2n) is 4.32. The molecule has 0 saturated carbocycles. The molecule has 0 aromatic heterocycles. The molecule has 98 valence electrons. The Bertz CT molecular complexity index is 431. The van der Waals surface area contributed by atoms with Crippen molar-refractivity contribution in [2.24, 2.45) is 0 Å². The molecule has 3 nitrogen and oxygen atoms in total. The Balaban J connectivity index is 2.22. The molecule has 0 unspecified atom stereocenters. The van der Waals surface area contributed by atoms with Crippen LogP contribution in [0, 0.1) is 6.92 Å². The van der Waals surface area contributed by atoms with Crippen molar-refractivity contribution < 1.29 is 9.53 Å². The Labute approximate surface area is 117 Å². The fraction of sp³-hybridized carbons (Fsp3) is 0.462. The lowest BCUT2D eigenvalue weighted by Gasteiger charge is -2.20. The van der Waals surface area contributed by atoms with Crippen molar-refractivity contribution in [3.05, 3.63) is 33.3 Å². The maximum atomic E-state index is 12.3. The minimum Gasteiger partial charge on any atom is -0.380 e. The van der Waals surface area contributed by atoms with E-state index < -0.39 is 0 Å². The quantitative estimate of drug-likeness (QED) is 0.794. The summed E-state index contributed by atoms with van der Waals surface area (Å²) < 4.78 is 5.33. The van der Waals surface area contributed by atoms with Crippen molar-refractivity contribution in [3.8, 4) is 0 Å². The second kappa shape index (κ2) is 5.91. The molecule has 5 heteroatoms. The Morgan fingerprint density at radius 1 is 1.22 bits per heavy atom. The molecule has 0 bridgehead atoms. The van der Waals surface area contributed by atoms with Crippen LogP contribution in [0.4, 0.5) is 0 Å². The van der Waals surface area contributed by atoms with Crippen LogP contribution >= 0.6 is 23.2 Å². The van der Waals surface area contributed by atoms with Crippen LogP contribution in [-0.4, -0.2) is 37.1 Å². The van der Waals surface area contributed by atoms with Crippen LogP contribution < -0.4 is 0 Å². The summed E-state index contributed by atoms with van der Waals surface area (Å²) in [5, 5.41) is 1.05. The second-order valence-corrected chi connectivity index (χ2v) is 5.14. The van der Waals surface area contributed by atoms with Crippen molar-refractivity contribution >= 4 is 29.1 Å². The third-order valence-corrected chi connectivity index (χ3v) is 3.82. The minimum atomic E-state index is -0.0377. The van der Waals surface area contributed by atoms with Gasteiger partial charge < -0.3 is 9.64 Å². The third kappa shape index (κ3) is 2.97. The number of hydrogen-bond donors (Lipinski definition) is 0. The summed E-state index contributed by atoms with van der Waals surface area (Å²) in [4.78, 5) is 14.1. The smallest absolute Gasteiger partial charge is 0.254 e. The number of carbonyl (C=O) groups excluding carboxylic acids is 1. The highest BCUT2D eigenvalue weighted by Gasteiger charge is 2.19. The van der Waals surface area contributed by atoms with E-state index in [0.717, 1.165) is 12.0 Å². The first kappa shape index (κ1) is 13.7. The van der Waals surface area contributed by atoms with Gasteiger partial charge in [0.1, 0.15) is 0 Å². The van der Waals surface area contributed by atoms with Crippen molar-refractivity contribution in [1.82, 2.24) is 4.90 Å². The van der Waals surface area contributed by atoms with Gasteiger partial charge in [-0.15, -0.1) is 0 Å². The van der Waals surface area contributed by atoms with Gasteiger partial charge >= 0.3 is 0 Å². The molecule has 0 N–H and O–H groups in total. The lowest BCUT2D eigenvalue weighted by molar-refractivity contribution is 0.0741. The molecule has 1 fully saturated rings. The average Bonchev–Trinajstić information content (AvgIpc) is 2.63. The van der Waals surface area contributed by atoms with Crippen LogP contribution in [0.2, 0.25) is 10.0 Å². The van der Waals surface area contributed by atoms with E-state index in [-0.39, 0.29) is 5.91 Å². The molecule has 1 aliphatic heterocycles. The highest BCUT2D eigenvalue weighted by molar-refractivity contribution is 6.36. The van der Waals surface area contributed by atoms with E-state index in [0.29, 0.717) is 41.9 Å². The van der Waals surface area contributed by atoms with E-state index in [9.17, 15) is 4.79 Å². The average molecular weight is 288 g/mol. The van der Waals surface area contributed by atoms with Crippen molar-refractivity contribution in [2.45, 2.75) is 13.3 Å². The number of nitrogens with zero attached hydrogens (tertiary/aromatic N) is 1. The zero-order chi connectivity index (χ0) is 13.1. The van der Waals surface area contributed by atoms with Gasteiger partial charge in [-0.1, -0.05) is 23.2 Å². The maximum Gasteiger partial charge on any atom is 0.254 e. The normalized spacial score (nSPS) is 16.5. The lowest BCUT2D eigenvalue weighted by atomic mass is 10.1. The molecule has 0 spiro atoms. The first-order valence-corrected chi connectivity index (χ1v) is 6.68. The van der Waals surface area contributed by atoms with Crippen LogP contribution in [0.15, 0.2) is 12.1 Å². The largest absolute Gasteiger partial charge is 0.380 e. The van der Waals surface area contributed by atoms with Gasteiger partial charge in [-0.2, -0.15) is 0 Å². The van der Waals surface area contributed by atoms with E-state index in [4.69, 9.17) is 27.9 Å². The molecule has 0 radical (unpaired) electrons. The van der Waals surface area contributed by atoms with Gasteiger partial charge in [0.2, 0.25) is 0 Å². The highest BCUT2D eigenvalue weighted by atomic mass is 35.5. The zero-order valence-electron chi connectivity index (χ0n) is 10.2. The predicted octanol–water partition coefficient (Wildman–Crippen LogP) is 3.16. The Morgan fingerprint density at radius 2 is 1.89 bits per heavy atom. The predicted molar refractivity (Wildman–Crippen MR) is 72.5 cm³/mol. The number of halogens is 2. The van der Waals surface area contributed by atoms with E-state index in [1.54, 1.807) is 17.0 Å². The summed E-state index contributed by atoms with van der Waals surface area (Å²) in [7, 11) is 0. The number of carbonyl (C=O) groups is 1. The van der Waals surface area contributed by atoms with Crippen LogP contribution in [0.3, 0.4) is 0 Å². The van der Waals surface area contributed by atoms with E-state index in [2.05, 4.69) is 0 Å². The van der Waals surface area contributed by atoms with E-state index >= 15 is 0 Å². The van der Waals surface area contributed by atoms with Crippen LogP contribution in [-0.2, 0) is 4.74 Å². The van der Waals surface area contributed by atoms with E-state index in [1.165, 1.54) is 0 Å². The summed E-state index contributed by atoms with van der Waals surface area (Å²) in [5.74, 6) is -0.0377. The summed E-state index contributed by atoms with van der Waals surface area (Å²) in [6.45, 7) is 4.45. The molecule has 1 aliphatic rings. The molecule has 1 amide bonds. The molecule has 1 aromatic carbocycles. The van der Waals surface area contributed by atoms with Crippen LogP contribution in [0.25, 0.3) is 0 Å². The molecule has 1 saturated heterocycles. The van der Waals surface area contributed by atoms with Crippen LogP contribution in [0.5, 0.6) is 0 Å². The number of benzene rings is 1. The van der Waals surface area contributed by atoms with Crippen molar-refractivity contribution in [1.29, 1.82) is 0 Å². The highest BCUT2D eigenvalue weighted by Crippen LogP contribution is 2.26. The Kier molecular flexibility index (Phi) is 4.49. The van der Waals surface area contributed by atoms with Gasteiger partial charge in [-0.25, -0.2) is 0 Å². The third-order valence-electron chi connectivity index (χ3n) is 3.04. The van der Waals surface area contributed by atoms with Crippen molar-refractivity contribution in [2.75, 3.05) is 26.3 Å². The number of hydrogen-bond acceptors (Lipinski definition) is 2. The molecular formula is C13H15Cl2NO2. The maximum absolute atomic E-state index is 12.3. The lowest BCUT2D eigenvalue weighted by Crippen LogP contribution is -2.33. The summed E-state index contributed by atoms with van der Waals surface area (Å²) >= 11 is 12.1. The summed E-state index contributed by atoms with van der Waals surface area (Å²) in [6.07, 6.45) is 0.860. The fourth-order valence-corrected chi connectivity index (χ4v) is 2.39. The molecule has 0 aliphatic carbocycles. The minimum absolute atomic E-state index is 0.0377. The number of ether oxygens (including phenoxy) is 1. The van der Waals surface area contributed by atoms with Gasteiger partial charge in [-0.05, 0) is 31.0 Å². The van der Waals surface area contributed by atoms with Crippen LogP contribution in [0.1, 0.15) is 22.3 Å². The SMILES string of the molecule is Cc1c(Cl)cc(C(=O)N2CCCOCC2)cc1Cl. The monoisotopic (exact) mass is 287 g/mol. The fourth-order valence-electron chi connectivity index (χ4n) is 1.90. The molecule has 18 heavy (non-hydrogen) atoms. The van der Waals surface area contributed by atoms with Gasteiger partial charge in [0.05, 0.1) is 6.61 Å². The first-order chi connectivity index (χ1) is 8.59. The Hall–Kier alpha value is -0.770. The molecule has 1 aromatic rings. The van der Waals surface area contributed by atoms with Gasteiger partial charge in [-0.3, -0.25) is 4.79 Å². The first-order valence-electron chi connectivity index (χ1n) is 5.92. The molecule has 2 rings (SSSR count). The molecular weight excluding hydrogens is 273 g/mol. The van der Waals surface area contributed by atoms with E-state index in [1.807, 2.05) is 6.92 Å². The zero-order valence-corrected chi connectivity index (χ0v) is 11.7. The topological polar surface area (TPSA) is 29.5 Å². The Morgan fingerprint density at radius 3 is 2.56 bits per heavy atom. The standard InChI is InChI=1S/C13H15Cl2NO2/c1-9-11(14)7-10(8-12(9)15)13(17)16-3-2-5-18-6-4-16/h7-8H,2-6H2,1H3. The summed E-state index contributed by atoms with van der Waals surface area (Å²) in [5.41, 5.74) is 1.34. The summed E-state index contributed by atoms with van der Waals surface area (Å²) in [6, 6.07) is 3.35. The van der Waals surface area contributed by atoms with Crippen molar-refractivity contribution in [3.63, 3.8) is 0 Å². The van der Waals surface area contributed by atoms with Gasteiger partial charge in [0.15, 0.2) is 0 Å². The van der Waals surface area contributed by atoms with Gasteiger partial charge in [0, 0.05) is 35.3 Å². The molecule has 1 heterocycles. The molecule has 0 atom stereocenters.